The topological polar surface area (TPSA) is 58.2 Å². The third-order valence-electron chi connectivity index (χ3n) is 6.98. The van der Waals surface area contributed by atoms with E-state index < -0.39 is 17.4 Å². The average molecular weight is 363 g/mol. The van der Waals surface area contributed by atoms with Crippen molar-refractivity contribution in [1.29, 1.82) is 0 Å². The molecule has 148 valence electrons. The van der Waals surface area contributed by atoms with Crippen LogP contribution in [-0.4, -0.2) is 23.4 Å². The standard InChI is InChI=1S/C22H38N2O2/c1-14(22-10-15-7-16(11-22)9-17(8-15)12-22)23-18(25)19(26)24-21(5,6)13-20(2,3)4/h14-17H,7-13H2,1-6H3,(H,23,25)(H,24,26). The van der Waals surface area contributed by atoms with Crippen molar-refractivity contribution in [2.45, 2.75) is 98.1 Å². The fourth-order valence-electron chi connectivity index (χ4n) is 6.86. The van der Waals surface area contributed by atoms with E-state index in [0.29, 0.717) is 0 Å². The van der Waals surface area contributed by atoms with Gasteiger partial charge in [-0.3, -0.25) is 9.59 Å². The van der Waals surface area contributed by atoms with Crippen molar-refractivity contribution in [1.82, 2.24) is 10.6 Å². The quantitative estimate of drug-likeness (QED) is 0.742. The summed E-state index contributed by atoms with van der Waals surface area (Å²) in [7, 11) is 0. The fraction of sp³-hybridized carbons (Fsp3) is 0.909. The first kappa shape index (κ1) is 19.7. The normalized spacial score (nSPS) is 34.5. The zero-order valence-corrected chi connectivity index (χ0v) is 17.6. The van der Waals surface area contributed by atoms with E-state index in [1.54, 1.807) is 0 Å². The predicted molar refractivity (Wildman–Crippen MR) is 105 cm³/mol. The van der Waals surface area contributed by atoms with Crippen molar-refractivity contribution in [3.63, 3.8) is 0 Å². The summed E-state index contributed by atoms with van der Waals surface area (Å²) in [6.07, 6.45) is 8.69. The Labute approximate surface area is 159 Å². The molecule has 4 nitrogen and oxygen atoms in total. The summed E-state index contributed by atoms with van der Waals surface area (Å²) in [6, 6.07) is 0.0832. The number of carbonyl (C=O) groups excluding carboxylic acids is 2. The fourth-order valence-corrected chi connectivity index (χ4v) is 6.86. The maximum absolute atomic E-state index is 12.6. The Morgan fingerprint density at radius 1 is 0.923 bits per heavy atom. The van der Waals surface area contributed by atoms with E-state index >= 15 is 0 Å². The highest BCUT2D eigenvalue weighted by Crippen LogP contribution is 2.61. The first-order chi connectivity index (χ1) is 11.9. The lowest BCUT2D eigenvalue weighted by atomic mass is 9.48. The molecule has 4 rings (SSSR count). The molecule has 0 heterocycles. The van der Waals surface area contributed by atoms with Crippen LogP contribution in [-0.2, 0) is 9.59 Å². The molecule has 4 aliphatic carbocycles. The van der Waals surface area contributed by atoms with Crippen LogP contribution in [0.3, 0.4) is 0 Å². The maximum atomic E-state index is 12.6. The SMILES string of the molecule is CC(NC(=O)C(=O)NC(C)(C)CC(C)(C)C)C12CC3CC(CC(C3)C1)C2. The molecular formula is C22H38N2O2. The molecule has 4 fully saturated rings. The minimum atomic E-state index is -0.490. The maximum Gasteiger partial charge on any atom is 0.309 e. The summed E-state index contributed by atoms with van der Waals surface area (Å²) in [4.78, 5) is 25.1. The minimum absolute atomic E-state index is 0.0832. The first-order valence-corrected chi connectivity index (χ1v) is 10.5. The van der Waals surface area contributed by atoms with E-state index in [1.807, 2.05) is 13.8 Å². The summed E-state index contributed by atoms with van der Waals surface area (Å²) < 4.78 is 0. The second-order valence-corrected chi connectivity index (χ2v) is 11.6. The zero-order chi connectivity index (χ0) is 19.3. The number of hydrogen-bond donors (Lipinski definition) is 2. The van der Waals surface area contributed by atoms with Gasteiger partial charge in [0, 0.05) is 11.6 Å². The van der Waals surface area contributed by atoms with Crippen molar-refractivity contribution in [3.8, 4) is 0 Å². The van der Waals surface area contributed by atoms with Crippen LogP contribution >= 0.6 is 0 Å². The highest BCUT2D eigenvalue weighted by molar-refractivity contribution is 6.35. The third kappa shape index (κ3) is 4.26. The Balaban J connectivity index is 1.58. The second-order valence-electron chi connectivity index (χ2n) is 11.6. The van der Waals surface area contributed by atoms with Crippen molar-refractivity contribution in [2.24, 2.45) is 28.6 Å². The Hall–Kier alpha value is -1.06. The smallest absolute Gasteiger partial charge is 0.309 e. The number of hydrogen-bond acceptors (Lipinski definition) is 2. The van der Waals surface area contributed by atoms with Gasteiger partial charge in [0.2, 0.25) is 0 Å². The highest BCUT2D eigenvalue weighted by atomic mass is 16.2. The van der Waals surface area contributed by atoms with E-state index in [9.17, 15) is 9.59 Å². The number of nitrogens with one attached hydrogen (secondary N) is 2. The molecule has 1 atom stereocenters. The molecule has 0 aromatic rings. The summed E-state index contributed by atoms with van der Waals surface area (Å²) in [5.74, 6) is 1.59. The van der Waals surface area contributed by atoms with Gasteiger partial charge in [-0.05, 0) is 94.3 Å². The van der Waals surface area contributed by atoms with Crippen LogP contribution < -0.4 is 10.6 Å². The van der Waals surface area contributed by atoms with Gasteiger partial charge in [-0.15, -0.1) is 0 Å². The molecule has 4 heteroatoms. The molecule has 0 saturated heterocycles. The molecule has 4 aliphatic rings. The van der Waals surface area contributed by atoms with E-state index in [4.69, 9.17) is 0 Å². The molecule has 0 aromatic carbocycles. The van der Waals surface area contributed by atoms with Crippen LogP contribution in [0, 0.1) is 28.6 Å². The number of carbonyl (C=O) groups is 2. The molecule has 0 aliphatic heterocycles. The van der Waals surface area contributed by atoms with E-state index in [-0.39, 0.29) is 16.9 Å². The number of amides is 2. The molecule has 4 bridgehead atoms. The molecule has 4 saturated carbocycles. The van der Waals surface area contributed by atoms with Gasteiger partial charge in [-0.25, -0.2) is 0 Å². The lowest BCUT2D eigenvalue weighted by Gasteiger charge is -2.59. The van der Waals surface area contributed by atoms with E-state index in [2.05, 4.69) is 38.3 Å². The Bertz CT molecular complexity index is 538. The van der Waals surface area contributed by atoms with Gasteiger partial charge in [0.25, 0.3) is 0 Å². The van der Waals surface area contributed by atoms with Gasteiger partial charge in [0.15, 0.2) is 0 Å². The summed E-state index contributed by atoms with van der Waals surface area (Å²) in [5.41, 5.74) is -0.0675. The van der Waals surface area contributed by atoms with Crippen LogP contribution in [0.25, 0.3) is 0 Å². The van der Waals surface area contributed by atoms with E-state index in [0.717, 1.165) is 24.2 Å². The van der Waals surface area contributed by atoms with Crippen LogP contribution in [0.5, 0.6) is 0 Å². The van der Waals surface area contributed by atoms with Gasteiger partial charge < -0.3 is 10.6 Å². The molecular weight excluding hydrogens is 324 g/mol. The van der Waals surface area contributed by atoms with Crippen LogP contribution in [0.15, 0.2) is 0 Å². The zero-order valence-electron chi connectivity index (χ0n) is 17.6. The molecule has 26 heavy (non-hydrogen) atoms. The van der Waals surface area contributed by atoms with E-state index in [1.165, 1.54) is 38.5 Å². The molecule has 0 aromatic heterocycles. The Morgan fingerprint density at radius 3 is 1.81 bits per heavy atom. The van der Waals surface area contributed by atoms with Gasteiger partial charge in [-0.1, -0.05) is 20.8 Å². The third-order valence-corrected chi connectivity index (χ3v) is 6.98. The van der Waals surface area contributed by atoms with Crippen molar-refractivity contribution >= 4 is 11.8 Å². The van der Waals surface area contributed by atoms with Crippen LogP contribution in [0.4, 0.5) is 0 Å². The lowest BCUT2D eigenvalue weighted by molar-refractivity contribution is -0.142. The van der Waals surface area contributed by atoms with Gasteiger partial charge >= 0.3 is 11.8 Å². The molecule has 2 N–H and O–H groups in total. The van der Waals surface area contributed by atoms with Crippen LogP contribution in [0.2, 0.25) is 0 Å². The second kappa shape index (κ2) is 6.53. The van der Waals surface area contributed by atoms with Gasteiger partial charge in [-0.2, -0.15) is 0 Å². The van der Waals surface area contributed by atoms with Gasteiger partial charge in [0.05, 0.1) is 0 Å². The molecule has 1 unspecified atom stereocenters. The molecule has 0 spiro atoms. The summed E-state index contributed by atoms with van der Waals surface area (Å²) in [6.45, 7) is 12.6. The Morgan fingerprint density at radius 2 is 1.38 bits per heavy atom. The van der Waals surface area contributed by atoms with Crippen molar-refractivity contribution in [2.75, 3.05) is 0 Å². The minimum Gasteiger partial charge on any atom is -0.345 e. The monoisotopic (exact) mass is 362 g/mol. The number of rotatable bonds is 4. The predicted octanol–water partition coefficient (Wildman–Crippen LogP) is 4.04. The molecule has 0 radical (unpaired) electrons. The lowest BCUT2D eigenvalue weighted by Crippen LogP contribution is -2.58. The first-order valence-electron chi connectivity index (χ1n) is 10.5. The Kier molecular flexibility index (Phi) is 4.94. The van der Waals surface area contributed by atoms with Gasteiger partial charge in [0.1, 0.15) is 0 Å². The summed E-state index contributed by atoms with van der Waals surface area (Å²) >= 11 is 0. The summed E-state index contributed by atoms with van der Waals surface area (Å²) in [5, 5.41) is 6.01. The highest BCUT2D eigenvalue weighted by Gasteiger charge is 2.53. The largest absolute Gasteiger partial charge is 0.345 e. The van der Waals surface area contributed by atoms with Crippen molar-refractivity contribution < 1.29 is 9.59 Å². The van der Waals surface area contributed by atoms with Crippen LogP contribution in [0.1, 0.15) is 86.5 Å². The average Bonchev–Trinajstić information content (AvgIpc) is 2.42. The van der Waals surface area contributed by atoms with Crippen molar-refractivity contribution in [3.05, 3.63) is 0 Å². The molecule has 2 amide bonds.